The van der Waals surface area contributed by atoms with E-state index >= 15 is 0 Å². The zero-order valence-electron chi connectivity index (χ0n) is 11.4. The van der Waals surface area contributed by atoms with Crippen LogP contribution in [0, 0.1) is 0 Å². The summed E-state index contributed by atoms with van der Waals surface area (Å²) in [5, 5.41) is 4.82. The number of aromatic nitrogens is 1. The van der Waals surface area contributed by atoms with Gasteiger partial charge in [0.2, 0.25) is 5.91 Å². The molecular formula is C14H19Cl2N3OS. The van der Waals surface area contributed by atoms with E-state index < -0.39 is 6.04 Å². The van der Waals surface area contributed by atoms with Gasteiger partial charge >= 0.3 is 0 Å². The number of thiazole rings is 1. The average Bonchev–Trinajstić information content (AvgIpc) is 2.93. The molecule has 0 radical (unpaired) electrons. The topological polar surface area (TPSA) is 68.0 Å². The molecule has 0 saturated heterocycles. The molecule has 116 valence electrons. The van der Waals surface area contributed by atoms with E-state index in [2.05, 4.69) is 10.3 Å². The first kappa shape index (κ1) is 19.9. The summed E-state index contributed by atoms with van der Waals surface area (Å²) in [7, 11) is 0. The number of nitrogens with zero attached hydrogens (tertiary/aromatic N) is 1. The largest absolute Gasteiger partial charge is 0.354 e. The van der Waals surface area contributed by atoms with Crippen LogP contribution in [0.2, 0.25) is 0 Å². The van der Waals surface area contributed by atoms with E-state index in [0.717, 1.165) is 17.7 Å². The van der Waals surface area contributed by atoms with Crippen molar-refractivity contribution in [2.24, 2.45) is 5.73 Å². The molecule has 21 heavy (non-hydrogen) atoms. The highest BCUT2D eigenvalue weighted by atomic mass is 35.5. The number of hydrogen-bond donors (Lipinski definition) is 2. The number of nitrogens with one attached hydrogen (secondary N) is 1. The summed E-state index contributed by atoms with van der Waals surface area (Å²) in [6.45, 7) is 0.574. The van der Waals surface area contributed by atoms with E-state index in [-0.39, 0.29) is 30.7 Å². The third kappa shape index (κ3) is 6.91. The van der Waals surface area contributed by atoms with E-state index in [0.29, 0.717) is 13.0 Å². The third-order valence-electron chi connectivity index (χ3n) is 2.80. The molecule has 1 atom stereocenters. The van der Waals surface area contributed by atoms with Gasteiger partial charge in [-0.1, -0.05) is 30.3 Å². The van der Waals surface area contributed by atoms with Crippen LogP contribution in [0.1, 0.15) is 11.3 Å². The first-order valence-electron chi connectivity index (χ1n) is 6.20. The standard InChI is InChI=1S/C14H17N3OS.2ClH/c15-13(8-11-4-2-1-3-5-11)14(18)16-7-6-12-9-19-10-17-12;;/h1-5,9-10,13H,6-8,15H2,(H,16,18);2*1H. The van der Waals surface area contributed by atoms with Crippen molar-refractivity contribution >= 4 is 42.1 Å². The summed E-state index contributed by atoms with van der Waals surface area (Å²) < 4.78 is 0. The maximum Gasteiger partial charge on any atom is 0.237 e. The highest BCUT2D eigenvalue weighted by Crippen LogP contribution is 2.03. The number of carbonyl (C=O) groups excluding carboxylic acids is 1. The van der Waals surface area contributed by atoms with Crippen LogP contribution < -0.4 is 11.1 Å². The maximum absolute atomic E-state index is 11.8. The second kappa shape index (κ2) is 10.6. The van der Waals surface area contributed by atoms with Crippen LogP contribution in [0.4, 0.5) is 0 Å². The molecule has 2 rings (SSSR count). The average molecular weight is 348 g/mol. The number of benzene rings is 1. The van der Waals surface area contributed by atoms with Gasteiger partial charge in [0.25, 0.3) is 0 Å². The first-order valence-corrected chi connectivity index (χ1v) is 7.14. The van der Waals surface area contributed by atoms with Gasteiger partial charge in [-0.15, -0.1) is 36.2 Å². The van der Waals surface area contributed by atoms with Gasteiger partial charge in [0.15, 0.2) is 0 Å². The zero-order valence-corrected chi connectivity index (χ0v) is 13.8. The number of amides is 1. The molecule has 0 aliphatic carbocycles. The van der Waals surface area contributed by atoms with E-state index in [1.165, 1.54) is 0 Å². The lowest BCUT2D eigenvalue weighted by atomic mass is 10.1. The Bertz CT molecular complexity index is 508. The summed E-state index contributed by atoms with van der Waals surface area (Å²) in [5.41, 5.74) is 9.75. The number of rotatable bonds is 6. The Kier molecular flexibility index (Phi) is 9.99. The molecule has 0 saturated carbocycles. The molecule has 7 heteroatoms. The Balaban J connectivity index is 0.00000200. The summed E-state index contributed by atoms with van der Waals surface area (Å²) in [4.78, 5) is 16.0. The minimum absolute atomic E-state index is 0. The molecule has 3 N–H and O–H groups in total. The molecule has 0 bridgehead atoms. The maximum atomic E-state index is 11.8. The number of halogens is 2. The van der Waals surface area contributed by atoms with Gasteiger partial charge in [0.05, 0.1) is 17.2 Å². The lowest BCUT2D eigenvalue weighted by Crippen LogP contribution is -2.42. The van der Waals surface area contributed by atoms with E-state index in [4.69, 9.17) is 5.73 Å². The smallest absolute Gasteiger partial charge is 0.237 e. The number of hydrogen-bond acceptors (Lipinski definition) is 4. The van der Waals surface area contributed by atoms with Gasteiger partial charge in [-0.05, 0) is 12.0 Å². The summed E-state index contributed by atoms with van der Waals surface area (Å²) in [6.07, 6.45) is 1.30. The SMILES string of the molecule is Cl.Cl.NC(Cc1ccccc1)C(=O)NCCc1cscn1. The minimum atomic E-state index is -0.502. The lowest BCUT2D eigenvalue weighted by molar-refractivity contribution is -0.122. The fraction of sp³-hybridized carbons (Fsp3) is 0.286. The van der Waals surface area contributed by atoms with Crippen molar-refractivity contribution < 1.29 is 4.79 Å². The van der Waals surface area contributed by atoms with Gasteiger partial charge < -0.3 is 11.1 Å². The number of carbonyl (C=O) groups is 1. The van der Waals surface area contributed by atoms with Crippen LogP contribution >= 0.6 is 36.2 Å². The lowest BCUT2D eigenvalue weighted by Gasteiger charge is -2.11. The van der Waals surface area contributed by atoms with Crippen molar-refractivity contribution in [3.8, 4) is 0 Å². The van der Waals surface area contributed by atoms with Crippen molar-refractivity contribution in [1.29, 1.82) is 0 Å². The monoisotopic (exact) mass is 347 g/mol. The van der Waals surface area contributed by atoms with Crippen molar-refractivity contribution in [3.63, 3.8) is 0 Å². The molecule has 2 aromatic rings. The Labute approximate surface area is 141 Å². The second-order valence-corrected chi connectivity index (χ2v) is 5.04. The van der Waals surface area contributed by atoms with Crippen LogP contribution in [-0.2, 0) is 17.6 Å². The first-order chi connectivity index (χ1) is 9.25. The van der Waals surface area contributed by atoms with Gasteiger partial charge in [-0.3, -0.25) is 4.79 Å². The predicted octanol–water partition coefficient (Wildman–Crippen LogP) is 2.22. The Morgan fingerprint density at radius 1 is 1.29 bits per heavy atom. The minimum Gasteiger partial charge on any atom is -0.354 e. The quantitative estimate of drug-likeness (QED) is 0.841. The van der Waals surface area contributed by atoms with Gasteiger partial charge in [0.1, 0.15) is 0 Å². The predicted molar refractivity (Wildman–Crippen MR) is 91.4 cm³/mol. The van der Waals surface area contributed by atoms with Crippen LogP contribution in [0.25, 0.3) is 0 Å². The summed E-state index contributed by atoms with van der Waals surface area (Å²) in [5.74, 6) is -0.112. The Hall–Kier alpha value is -1.14. The van der Waals surface area contributed by atoms with Crippen molar-refractivity contribution in [2.45, 2.75) is 18.9 Å². The molecule has 0 aliphatic heterocycles. The molecule has 0 aliphatic rings. The highest BCUT2D eigenvalue weighted by Gasteiger charge is 2.13. The zero-order chi connectivity index (χ0) is 13.5. The van der Waals surface area contributed by atoms with E-state index in [1.54, 1.807) is 16.8 Å². The molecule has 1 amide bonds. The normalized spacial score (nSPS) is 10.9. The molecule has 4 nitrogen and oxygen atoms in total. The van der Waals surface area contributed by atoms with Crippen molar-refractivity contribution in [2.75, 3.05) is 6.54 Å². The molecule has 1 aromatic heterocycles. The Morgan fingerprint density at radius 3 is 2.62 bits per heavy atom. The van der Waals surface area contributed by atoms with Crippen molar-refractivity contribution in [3.05, 3.63) is 52.5 Å². The van der Waals surface area contributed by atoms with E-state index in [1.807, 2.05) is 35.7 Å². The molecule has 0 fully saturated rings. The van der Waals surface area contributed by atoms with Crippen LogP contribution in [-0.4, -0.2) is 23.5 Å². The van der Waals surface area contributed by atoms with Gasteiger partial charge in [0, 0.05) is 18.3 Å². The van der Waals surface area contributed by atoms with Gasteiger partial charge in [-0.25, -0.2) is 4.98 Å². The second-order valence-electron chi connectivity index (χ2n) is 4.32. The Morgan fingerprint density at radius 2 is 2.00 bits per heavy atom. The molecule has 1 aromatic carbocycles. The summed E-state index contributed by atoms with van der Waals surface area (Å²) >= 11 is 1.56. The fourth-order valence-electron chi connectivity index (χ4n) is 1.77. The van der Waals surface area contributed by atoms with Crippen LogP contribution in [0.15, 0.2) is 41.2 Å². The molecular weight excluding hydrogens is 329 g/mol. The number of nitrogens with two attached hydrogens (primary N) is 1. The van der Waals surface area contributed by atoms with E-state index in [9.17, 15) is 4.79 Å². The fourth-order valence-corrected chi connectivity index (χ4v) is 2.36. The van der Waals surface area contributed by atoms with Crippen molar-refractivity contribution in [1.82, 2.24) is 10.3 Å². The van der Waals surface area contributed by atoms with Gasteiger partial charge in [-0.2, -0.15) is 0 Å². The molecule has 1 heterocycles. The van der Waals surface area contributed by atoms with Crippen LogP contribution in [0.5, 0.6) is 0 Å². The van der Waals surface area contributed by atoms with Crippen LogP contribution in [0.3, 0.4) is 0 Å². The summed E-state index contributed by atoms with van der Waals surface area (Å²) in [6, 6.07) is 9.29. The molecule has 0 spiro atoms. The molecule has 1 unspecified atom stereocenters. The highest BCUT2D eigenvalue weighted by molar-refractivity contribution is 7.07. The third-order valence-corrected chi connectivity index (χ3v) is 3.43.